The minimum Gasteiger partial charge on any atom is -0.493 e. The summed E-state index contributed by atoms with van der Waals surface area (Å²) in [5, 5.41) is 4.46. The lowest BCUT2D eigenvalue weighted by Gasteiger charge is -2.27. The number of fused-ring (bicyclic) bond motifs is 1. The molecule has 0 unspecified atom stereocenters. The first-order valence-corrected chi connectivity index (χ1v) is 8.54. The molecule has 0 saturated carbocycles. The summed E-state index contributed by atoms with van der Waals surface area (Å²) in [6, 6.07) is 7.96. The Labute approximate surface area is 143 Å². The summed E-state index contributed by atoms with van der Waals surface area (Å²) in [4.78, 5) is 14.4. The van der Waals surface area contributed by atoms with Gasteiger partial charge in [0.2, 0.25) is 5.91 Å². The number of hydrogen-bond donors (Lipinski definition) is 0. The Bertz CT molecular complexity index is 736. The third-order valence-electron chi connectivity index (χ3n) is 4.69. The van der Waals surface area contributed by atoms with Gasteiger partial charge in [0.1, 0.15) is 5.75 Å². The third kappa shape index (κ3) is 3.45. The normalized spacial score (nSPS) is 13.7. The van der Waals surface area contributed by atoms with Gasteiger partial charge in [0.25, 0.3) is 0 Å². The fourth-order valence-corrected chi connectivity index (χ4v) is 3.27. The number of ether oxygens (including phenoxy) is 1. The molecule has 0 radical (unpaired) electrons. The SMILES string of the molecule is Cc1ccccc1OCCCC(=O)N1CCc2c(C)nn(C)c2C1. The summed E-state index contributed by atoms with van der Waals surface area (Å²) >= 11 is 0. The van der Waals surface area contributed by atoms with Crippen molar-refractivity contribution in [2.75, 3.05) is 13.2 Å². The maximum atomic E-state index is 12.4. The van der Waals surface area contributed by atoms with Gasteiger partial charge in [-0.2, -0.15) is 5.10 Å². The summed E-state index contributed by atoms with van der Waals surface area (Å²) in [6.45, 7) is 6.10. The number of carbonyl (C=O) groups excluding carboxylic acids is 1. The van der Waals surface area contributed by atoms with Gasteiger partial charge in [-0.3, -0.25) is 9.48 Å². The lowest BCUT2D eigenvalue weighted by molar-refractivity contribution is -0.132. The second kappa shape index (κ2) is 7.07. The summed E-state index contributed by atoms with van der Waals surface area (Å²) in [6.07, 6.45) is 2.17. The van der Waals surface area contributed by atoms with Crippen LogP contribution >= 0.6 is 0 Å². The van der Waals surface area contributed by atoms with Crippen LogP contribution in [0.4, 0.5) is 0 Å². The lowest BCUT2D eigenvalue weighted by atomic mass is 10.0. The van der Waals surface area contributed by atoms with Crippen LogP contribution in [0.15, 0.2) is 24.3 Å². The van der Waals surface area contributed by atoms with Crippen LogP contribution in [0.1, 0.15) is 35.4 Å². The van der Waals surface area contributed by atoms with E-state index in [2.05, 4.69) is 5.10 Å². The highest BCUT2D eigenvalue weighted by atomic mass is 16.5. The smallest absolute Gasteiger partial charge is 0.223 e. The molecule has 3 rings (SSSR count). The number of amides is 1. The predicted molar refractivity (Wildman–Crippen MR) is 93.0 cm³/mol. The van der Waals surface area contributed by atoms with Gasteiger partial charge in [0.05, 0.1) is 24.5 Å². The molecule has 1 aliphatic rings. The quantitative estimate of drug-likeness (QED) is 0.794. The van der Waals surface area contributed by atoms with E-state index >= 15 is 0 Å². The maximum absolute atomic E-state index is 12.4. The van der Waals surface area contributed by atoms with Gasteiger partial charge in [-0.05, 0) is 43.9 Å². The van der Waals surface area contributed by atoms with E-state index in [-0.39, 0.29) is 5.91 Å². The van der Waals surface area contributed by atoms with E-state index < -0.39 is 0 Å². The molecule has 0 N–H and O–H groups in total. The molecule has 0 bridgehead atoms. The molecular weight excluding hydrogens is 302 g/mol. The Hall–Kier alpha value is -2.30. The molecule has 2 heterocycles. The molecule has 0 fully saturated rings. The van der Waals surface area contributed by atoms with Crippen LogP contribution < -0.4 is 4.74 Å². The Morgan fingerprint density at radius 1 is 1.29 bits per heavy atom. The summed E-state index contributed by atoms with van der Waals surface area (Å²) in [7, 11) is 1.95. The van der Waals surface area contributed by atoms with Crippen LogP contribution in [0.25, 0.3) is 0 Å². The van der Waals surface area contributed by atoms with Crippen LogP contribution in [0, 0.1) is 13.8 Å². The van der Waals surface area contributed by atoms with Crippen LogP contribution in [-0.4, -0.2) is 33.7 Å². The summed E-state index contributed by atoms with van der Waals surface area (Å²) < 4.78 is 7.68. The fraction of sp³-hybridized carbons (Fsp3) is 0.474. The van der Waals surface area contributed by atoms with E-state index in [9.17, 15) is 4.79 Å². The number of hydrogen-bond acceptors (Lipinski definition) is 3. The molecular formula is C19H25N3O2. The van der Waals surface area contributed by atoms with Gasteiger partial charge in [-0.15, -0.1) is 0 Å². The predicted octanol–water partition coefficient (Wildman–Crippen LogP) is 2.78. The summed E-state index contributed by atoms with van der Waals surface area (Å²) in [5.41, 5.74) is 4.69. The van der Waals surface area contributed by atoms with Gasteiger partial charge in [0, 0.05) is 20.0 Å². The number of benzene rings is 1. The van der Waals surface area contributed by atoms with Crippen molar-refractivity contribution < 1.29 is 9.53 Å². The molecule has 1 aliphatic heterocycles. The molecule has 2 aromatic rings. The molecule has 0 spiro atoms. The molecule has 0 aliphatic carbocycles. The second-order valence-corrected chi connectivity index (χ2v) is 6.42. The molecule has 128 valence electrons. The summed E-state index contributed by atoms with van der Waals surface area (Å²) in [5.74, 6) is 1.10. The fourth-order valence-electron chi connectivity index (χ4n) is 3.27. The van der Waals surface area contributed by atoms with Crippen LogP contribution in [0.5, 0.6) is 5.75 Å². The number of aryl methyl sites for hydroxylation is 3. The van der Waals surface area contributed by atoms with E-state index in [0.717, 1.165) is 36.4 Å². The standard InChI is InChI=1S/C19H25N3O2/c1-14-7-4-5-8-18(14)24-12-6-9-19(23)22-11-10-16-15(2)20-21(3)17(16)13-22/h4-5,7-8H,6,9-13H2,1-3H3. The Balaban J connectivity index is 1.48. The molecule has 5 nitrogen and oxygen atoms in total. The molecule has 1 amide bonds. The topological polar surface area (TPSA) is 47.4 Å². The van der Waals surface area contributed by atoms with Crippen molar-refractivity contribution in [2.45, 2.75) is 39.7 Å². The van der Waals surface area contributed by atoms with Crippen molar-refractivity contribution in [1.29, 1.82) is 0 Å². The lowest BCUT2D eigenvalue weighted by Crippen LogP contribution is -2.36. The van der Waals surface area contributed by atoms with Gasteiger partial charge in [0.15, 0.2) is 0 Å². The van der Waals surface area contributed by atoms with Gasteiger partial charge >= 0.3 is 0 Å². The minimum absolute atomic E-state index is 0.202. The largest absolute Gasteiger partial charge is 0.493 e. The van der Waals surface area contributed by atoms with E-state index in [1.165, 1.54) is 11.3 Å². The number of rotatable bonds is 5. The van der Waals surface area contributed by atoms with Crippen LogP contribution in [0.3, 0.4) is 0 Å². The highest BCUT2D eigenvalue weighted by Gasteiger charge is 2.24. The van der Waals surface area contributed by atoms with Crippen molar-refractivity contribution in [1.82, 2.24) is 14.7 Å². The van der Waals surface area contributed by atoms with Crippen molar-refractivity contribution in [2.24, 2.45) is 7.05 Å². The molecule has 0 saturated heterocycles. The zero-order chi connectivity index (χ0) is 17.1. The number of aromatic nitrogens is 2. The first-order valence-electron chi connectivity index (χ1n) is 8.54. The van der Waals surface area contributed by atoms with Gasteiger partial charge in [-0.25, -0.2) is 0 Å². The van der Waals surface area contributed by atoms with Crippen molar-refractivity contribution in [3.8, 4) is 5.75 Å². The average Bonchev–Trinajstić information content (AvgIpc) is 2.87. The van der Waals surface area contributed by atoms with Gasteiger partial charge in [-0.1, -0.05) is 18.2 Å². The Morgan fingerprint density at radius 3 is 2.88 bits per heavy atom. The molecule has 5 heteroatoms. The van der Waals surface area contributed by atoms with Crippen LogP contribution in [0.2, 0.25) is 0 Å². The van der Waals surface area contributed by atoms with E-state index in [0.29, 0.717) is 19.6 Å². The van der Waals surface area contributed by atoms with E-state index in [1.54, 1.807) is 0 Å². The van der Waals surface area contributed by atoms with E-state index in [1.807, 2.05) is 54.7 Å². The van der Waals surface area contributed by atoms with Crippen molar-refractivity contribution in [3.05, 3.63) is 46.8 Å². The molecule has 1 aromatic heterocycles. The zero-order valence-corrected chi connectivity index (χ0v) is 14.7. The van der Waals surface area contributed by atoms with Crippen molar-refractivity contribution >= 4 is 5.91 Å². The Morgan fingerprint density at radius 2 is 2.08 bits per heavy atom. The minimum atomic E-state index is 0.202. The zero-order valence-electron chi connectivity index (χ0n) is 14.7. The molecule has 0 atom stereocenters. The Kier molecular flexibility index (Phi) is 4.88. The first kappa shape index (κ1) is 16.6. The first-order chi connectivity index (χ1) is 11.6. The monoisotopic (exact) mass is 327 g/mol. The number of nitrogens with zero attached hydrogens (tertiary/aromatic N) is 3. The second-order valence-electron chi connectivity index (χ2n) is 6.42. The van der Waals surface area contributed by atoms with Crippen molar-refractivity contribution in [3.63, 3.8) is 0 Å². The van der Waals surface area contributed by atoms with Gasteiger partial charge < -0.3 is 9.64 Å². The number of para-hydroxylation sites is 1. The third-order valence-corrected chi connectivity index (χ3v) is 4.69. The average molecular weight is 327 g/mol. The van der Waals surface area contributed by atoms with E-state index in [4.69, 9.17) is 4.74 Å². The molecule has 24 heavy (non-hydrogen) atoms. The maximum Gasteiger partial charge on any atom is 0.223 e. The highest BCUT2D eigenvalue weighted by Crippen LogP contribution is 2.22. The van der Waals surface area contributed by atoms with Crippen LogP contribution in [-0.2, 0) is 24.8 Å². The number of carbonyl (C=O) groups is 1. The highest BCUT2D eigenvalue weighted by molar-refractivity contribution is 5.76. The molecule has 1 aromatic carbocycles.